The first-order valence-electron chi connectivity index (χ1n) is 9.00. The van der Waals surface area contributed by atoms with E-state index in [0.29, 0.717) is 12.0 Å². The van der Waals surface area contributed by atoms with Crippen LogP contribution in [0.1, 0.15) is 30.1 Å². The highest BCUT2D eigenvalue weighted by atomic mass is 32.2. The van der Waals surface area contributed by atoms with E-state index in [2.05, 4.69) is 10.6 Å². The van der Waals surface area contributed by atoms with Gasteiger partial charge in [-0.05, 0) is 37.6 Å². The van der Waals surface area contributed by atoms with Crippen LogP contribution in [0.2, 0.25) is 0 Å². The number of carbonyl (C=O) groups excluding carboxylic acids is 3. The average Bonchev–Trinajstić information content (AvgIpc) is 2.65. The van der Waals surface area contributed by atoms with E-state index in [1.54, 1.807) is 6.92 Å². The van der Waals surface area contributed by atoms with E-state index in [9.17, 15) is 27.2 Å². The first-order valence-corrected chi connectivity index (χ1v) is 10.8. The predicted octanol–water partition coefficient (Wildman–Crippen LogP) is 0.0974. The molecule has 0 saturated carbocycles. The number of nitrogens with zero attached hydrogens (tertiary/aromatic N) is 1. The van der Waals surface area contributed by atoms with Crippen LogP contribution in [0.15, 0.2) is 24.3 Å². The molecular formula is C18H24FN3O5S. The number of rotatable bonds is 7. The largest absolute Gasteiger partial charge is 0.352 e. The molecule has 1 aliphatic heterocycles. The molecule has 0 bridgehead atoms. The zero-order chi connectivity index (χ0) is 20.7. The van der Waals surface area contributed by atoms with E-state index in [4.69, 9.17) is 0 Å². The number of hydrogen-bond donors (Lipinski definition) is 2. The van der Waals surface area contributed by atoms with E-state index in [1.165, 1.54) is 29.2 Å². The lowest BCUT2D eigenvalue weighted by Gasteiger charge is -2.29. The third-order valence-corrected chi connectivity index (χ3v) is 5.99. The Morgan fingerprint density at radius 1 is 1.14 bits per heavy atom. The molecule has 8 nitrogen and oxygen atoms in total. The topological polar surface area (TPSA) is 113 Å². The summed E-state index contributed by atoms with van der Waals surface area (Å²) in [6, 6.07) is 4.38. The molecule has 2 rings (SSSR count). The smallest absolute Gasteiger partial charge is 0.251 e. The zero-order valence-corrected chi connectivity index (χ0v) is 16.4. The molecule has 1 fully saturated rings. The van der Waals surface area contributed by atoms with Crippen LogP contribution >= 0.6 is 0 Å². The predicted molar refractivity (Wildman–Crippen MR) is 101 cm³/mol. The van der Waals surface area contributed by atoms with Gasteiger partial charge in [-0.15, -0.1) is 0 Å². The van der Waals surface area contributed by atoms with Gasteiger partial charge < -0.3 is 15.5 Å². The van der Waals surface area contributed by atoms with Crippen molar-refractivity contribution < 1.29 is 27.2 Å². The van der Waals surface area contributed by atoms with Crippen molar-refractivity contribution in [1.82, 2.24) is 15.5 Å². The molecule has 10 heteroatoms. The zero-order valence-electron chi connectivity index (χ0n) is 15.6. The van der Waals surface area contributed by atoms with E-state index < -0.39 is 21.7 Å². The quantitative estimate of drug-likeness (QED) is 0.616. The van der Waals surface area contributed by atoms with Crippen LogP contribution in [0.5, 0.6) is 0 Å². The van der Waals surface area contributed by atoms with Crippen LogP contribution in [-0.4, -0.2) is 68.2 Å². The van der Waals surface area contributed by atoms with Gasteiger partial charge in [0, 0.05) is 31.6 Å². The van der Waals surface area contributed by atoms with Gasteiger partial charge in [-0.25, -0.2) is 12.8 Å². The average molecular weight is 413 g/mol. The highest BCUT2D eigenvalue weighted by Gasteiger charge is 2.28. The van der Waals surface area contributed by atoms with Gasteiger partial charge in [0.2, 0.25) is 11.8 Å². The number of hydrogen-bond acceptors (Lipinski definition) is 5. The summed E-state index contributed by atoms with van der Waals surface area (Å²) in [6.07, 6.45) is 0.497. The third-order valence-electron chi connectivity index (χ3n) is 4.38. The van der Waals surface area contributed by atoms with Gasteiger partial charge >= 0.3 is 0 Å². The number of amides is 3. The lowest BCUT2D eigenvalue weighted by atomic mass is 10.2. The fourth-order valence-corrected chi connectivity index (χ4v) is 3.94. The second-order valence-electron chi connectivity index (χ2n) is 6.63. The van der Waals surface area contributed by atoms with Crippen molar-refractivity contribution >= 4 is 27.6 Å². The van der Waals surface area contributed by atoms with Crippen molar-refractivity contribution in [1.29, 1.82) is 0 Å². The first kappa shape index (κ1) is 21.8. The molecule has 1 atom stereocenters. The molecular weight excluding hydrogens is 389 g/mol. The number of halogens is 1. The molecule has 0 radical (unpaired) electrons. The fraction of sp³-hybridized carbons (Fsp3) is 0.500. The molecule has 1 aliphatic rings. The minimum absolute atomic E-state index is 0.0623. The molecule has 28 heavy (non-hydrogen) atoms. The molecule has 1 saturated heterocycles. The normalized spacial score (nSPS) is 16.9. The molecule has 1 unspecified atom stereocenters. The van der Waals surface area contributed by atoms with Gasteiger partial charge in [0.25, 0.3) is 5.91 Å². The Kier molecular flexibility index (Phi) is 7.50. The lowest BCUT2D eigenvalue weighted by molar-refractivity contribution is -0.135. The monoisotopic (exact) mass is 413 g/mol. The summed E-state index contributed by atoms with van der Waals surface area (Å²) >= 11 is 0. The summed E-state index contributed by atoms with van der Waals surface area (Å²) in [5.41, 5.74) is 0.327. The maximum absolute atomic E-state index is 12.8. The van der Waals surface area contributed by atoms with Gasteiger partial charge in [0.1, 0.15) is 11.9 Å². The van der Waals surface area contributed by atoms with Crippen LogP contribution in [0.4, 0.5) is 4.39 Å². The molecule has 0 aliphatic carbocycles. The van der Waals surface area contributed by atoms with Crippen LogP contribution in [-0.2, 0) is 19.4 Å². The highest BCUT2D eigenvalue weighted by molar-refractivity contribution is 7.91. The number of benzene rings is 1. The molecule has 154 valence electrons. The Bertz CT molecular complexity index is 812. The molecule has 2 N–H and O–H groups in total. The summed E-state index contributed by atoms with van der Waals surface area (Å²) < 4.78 is 35.7. The summed E-state index contributed by atoms with van der Waals surface area (Å²) in [6.45, 7) is 2.09. The maximum atomic E-state index is 12.8. The van der Waals surface area contributed by atoms with Gasteiger partial charge in [0.15, 0.2) is 9.84 Å². The highest BCUT2D eigenvalue weighted by Crippen LogP contribution is 2.06. The minimum Gasteiger partial charge on any atom is -0.352 e. The van der Waals surface area contributed by atoms with E-state index in [1.807, 2.05) is 0 Å². The van der Waals surface area contributed by atoms with Crippen molar-refractivity contribution in [2.24, 2.45) is 0 Å². The van der Waals surface area contributed by atoms with Crippen molar-refractivity contribution in [2.75, 3.05) is 31.1 Å². The van der Waals surface area contributed by atoms with Crippen molar-refractivity contribution in [2.45, 2.75) is 25.8 Å². The van der Waals surface area contributed by atoms with Gasteiger partial charge in [-0.3, -0.25) is 14.4 Å². The van der Waals surface area contributed by atoms with Crippen LogP contribution < -0.4 is 10.6 Å². The first-order chi connectivity index (χ1) is 13.2. The Morgan fingerprint density at radius 3 is 2.36 bits per heavy atom. The molecule has 0 aromatic heterocycles. The summed E-state index contributed by atoms with van der Waals surface area (Å²) in [5, 5.41) is 5.23. The van der Waals surface area contributed by atoms with Crippen LogP contribution in [0, 0.1) is 5.82 Å². The molecule has 0 spiro atoms. The lowest BCUT2D eigenvalue weighted by Crippen LogP contribution is -2.51. The van der Waals surface area contributed by atoms with E-state index >= 15 is 0 Å². The van der Waals surface area contributed by atoms with Crippen molar-refractivity contribution in [3.63, 3.8) is 0 Å². The van der Waals surface area contributed by atoms with Crippen molar-refractivity contribution in [3.05, 3.63) is 35.6 Å². The van der Waals surface area contributed by atoms with E-state index in [0.717, 1.165) is 0 Å². The van der Waals surface area contributed by atoms with Crippen molar-refractivity contribution in [3.8, 4) is 0 Å². The second kappa shape index (κ2) is 9.63. The Labute approximate surface area is 163 Å². The Balaban J connectivity index is 1.67. The fourth-order valence-electron chi connectivity index (χ4n) is 2.74. The standard InChI is InChI=1S/C18H24FN3O5S/c1-13(18(25)22-9-11-28(26,27)12-10-22)21-16(23)3-2-8-20-17(24)14-4-6-15(19)7-5-14/h4-7,13H,2-3,8-12H2,1H3,(H,20,24)(H,21,23). The number of carbonyl (C=O) groups is 3. The van der Waals surface area contributed by atoms with Crippen LogP contribution in [0.25, 0.3) is 0 Å². The third kappa shape index (κ3) is 6.59. The summed E-state index contributed by atoms with van der Waals surface area (Å²) in [7, 11) is -3.08. The maximum Gasteiger partial charge on any atom is 0.251 e. The summed E-state index contributed by atoms with van der Waals surface area (Å²) in [5.74, 6) is -1.55. The van der Waals surface area contributed by atoms with Gasteiger partial charge in [-0.1, -0.05) is 0 Å². The Hall–Kier alpha value is -2.49. The SMILES string of the molecule is CC(NC(=O)CCCNC(=O)c1ccc(F)cc1)C(=O)N1CCS(=O)(=O)CC1. The minimum atomic E-state index is -3.08. The molecule has 1 aromatic rings. The van der Waals surface area contributed by atoms with E-state index in [-0.39, 0.29) is 55.3 Å². The Morgan fingerprint density at radius 2 is 1.75 bits per heavy atom. The van der Waals surface area contributed by atoms with Gasteiger partial charge in [0.05, 0.1) is 11.5 Å². The summed E-state index contributed by atoms with van der Waals surface area (Å²) in [4.78, 5) is 37.5. The number of sulfone groups is 1. The molecule has 1 heterocycles. The number of nitrogens with one attached hydrogen (secondary N) is 2. The van der Waals surface area contributed by atoms with Crippen LogP contribution in [0.3, 0.4) is 0 Å². The van der Waals surface area contributed by atoms with Gasteiger partial charge in [-0.2, -0.15) is 0 Å². The molecule has 1 aromatic carbocycles. The molecule has 3 amide bonds. The second-order valence-corrected chi connectivity index (χ2v) is 8.94.